The molecule has 2 aliphatic rings. The zero-order valence-corrected chi connectivity index (χ0v) is 21.8. The maximum absolute atomic E-state index is 13.3. The van der Waals surface area contributed by atoms with Crippen molar-refractivity contribution in [2.75, 3.05) is 35.4 Å². The van der Waals surface area contributed by atoms with E-state index in [-0.39, 0.29) is 23.2 Å². The van der Waals surface area contributed by atoms with Crippen molar-refractivity contribution >= 4 is 46.4 Å². The molecule has 0 radical (unpaired) electrons. The lowest BCUT2D eigenvalue weighted by Gasteiger charge is -2.18. The van der Waals surface area contributed by atoms with Crippen LogP contribution in [0.2, 0.25) is 0 Å². The summed E-state index contributed by atoms with van der Waals surface area (Å²) in [6.45, 7) is 4.27. The van der Waals surface area contributed by atoms with Crippen LogP contribution in [0.5, 0.6) is 5.75 Å². The summed E-state index contributed by atoms with van der Waals surface area (Å²) in [5.41, 5.74) is 1.77. The fourth-order valence-electron chi connectivity index (χ4n) is 4.16. The SMILES string of the molecule is CCOc1ccc(/C=C2/N=C(SC/C([O-])=N\c3c[n+](N4CCCCC4)no3)N(c3ccccc3)C2=O)cc1. The van der Waals surface area contributed by atoms with Crippen LogP contribution in [0.4, 0.5) is 11.6 Å². The van der Waals surface area contributed by atoms with Gasteiger partial charge in [-0.05, 0) is 68.0 Å². The average Bonchev–Trinajstić information content (AvgIpc) is 3.54. The third-order valence-electron chi connectivity index (χ3n) is 5.96. The van der Waals surface area contributed by atoms with Crippen LogP contribution in [-0.2, 0) is 4.79 Å². The largest absolute Gasteiger partial charge is 0.861 e. The van der Waals surface area contributed by atoms with Gasteiger partial charge < -0.3 is 9.84 Å². The molecule has 10 nitrogen and oxygen atoms in total. The second-order valence-corrected chi connectivity index (χ2v) is 9.61. The summed E-state index contributed by atoms with van der Waals surface area (Å²) in [5.74, 6) is 0.199. The lowest BCUT2D eigenvalue weighted by molar-refractivity contribution is -0.759. The standard InChI is InChI=1S/C27H28N6O4S/c1-2-36-22-13-11-20(12-14-22)17-23-26(35)33(21-9-5-3-6-10-21)27(28-23)38-19-24(34)29-25-18-32(30-37-25)31-15-7-4-8-16-31/h3,5-6,9-14,17-18H,2,4,7-8,15-16,19H2,1H3/b23-17+. The molecule has 0 N–H and O–H groups in total. The van der Waals surface area contributed by atoms with Crippen LogP contribution in [0.3, 0.4) is 0 Å². The first kappa shape index (κ1) is 25.5. The third kappa shape index (κ3) is 6.05. The zero-order valence-electron chi connectivity index (χ0n) is 21.0. The van der Waals surface area contributed by atoms with E-state index in [4.69, 9.17) is 9.26 Å². The number of aromatic nitrogens is 2. The summed E-state index contributed by atoms with van der Waals surface area (Å²) >= 11 is 1.15. The van der Waals surface area contributed by atoms with Crippen molar-refractivity contribution in [2.24, 2.45) is 9.98 Å². The molecular formula is C27H28N6O4S. The van der Waals surface area contributed by atoms with E-state index < -0.39 is 5.90 Å². The monoisotopic (exact) mass is 532 g/mol. The highest BCUT2D eigenvalue weighted by Gasteiger charge is 2.32. The molecule has 0 atom stereocenters. The summed E-state index contributed by atoms with van der Waals surface area (Å²) in [4.78, 5) is 25.1. The minimum Gasteiger partial charge on any atom is -0.861 e. The van der Waals surface area contributed by atoms with Gasteiger partial charge in [0.25, 0.3) is 12.1 Å². The number of hydrogen-bond acceptors (Lipinski definition) is 9. The van der Waals surface area contributed by atoms with Gasteiger partial charge in [-0.1, -0.05) is 42.1 Å². The molecule has 1 amide bonds. The number of carbonyl (C=O) groups excluding carboxylic acids is 1. The van der Waals surface area contributed by atoms with Gasteiger partial charge in [0.1, 0.15) is 11.4 Å². The number of amidine groups is 1. The molecule has 0 spiro atoms. The Morgan fingerprint density at radius 2 is 1.92 bits per heavy atom. The number of rotatable bonds is 8. The van der Waals surface area contributed by atoms with Crippen molar-refractivity contribution in [2.45, 2.75) is 26.2 Å². The van der Waals surface area contributed by atoms with Crippen molar-refractivity contribution in [1.82, 2.24) is 5.27 Å². The zero-order chi connectivity index (χ0) is 26.3. The lowest BCUT2D eigenvalue weighted by atomic mass is 10.2. The second kappa shape index (κ2) is 12.0. The number of hydrogen-bond donors (Lipinski definition) is 0. The Bertz CT molecular complexity index is 1350. The summed E-state index contributed by atoms with van der Waals surface area (Å²) in [7, 11) is 0. The molecule has 0 bridgehead atoms. The molecule has 2 aliphatic heterocycles. The Hall–Kier alpha value is -4.12. The van der Waals surface area contributed by atoms with Crippen LogP contribution in [-0.4, -0.2) is 47.7 Å². The molecule has 0 aliphatic carbocycles. The second-order valence-electron chi connectivity index (χ2n) is 8.67. The minimum absolute atomic E-state index is 0.0177. The number of benzene rings is 2. The number of thioether (sulfide) groups is 1. The number of ether oxygens (including phenoxy) is 1. The highest BCUT2D eigenvalue weighted by Crippen LogP contribution is 2.29. The van der Waals surface area contributed by atoms with Gasteiger partial charge in [0.15, 0.2) is 5.17 Å². The predicted octanol–water partition coefficient (Wildman–Crippen LogP) is 3.05. The van der Waals surface area contributed by atoms with Gasteiger partial charge in [0.2, 0.25) is 5.27 Å². The van der Waals surface area contributed by atoms with Crippen molar-refractivity contribution in [3.63, 3.8) is 0 Å². The normalized spacial score (nSPS) is 17.3. The van der Waals surface area contributed by atoms with Crippen LogP contribution in [0.15, 0.2) is 81.0 Å². The Kier molecular flexibility index (Phi) is 8.03. The number of para-hydroxylation sites is 1. The van der Waals surface area contributed by atoms with Crippen molar-refractivity contribution < 1.29 is 24.0 Å². The Morgan fingerprint density at radius 1 is 1.16 bits per heavy atom. The van der Waals surface area contributed by atoms with Crippen LogP contribution in [0.25, 0.3) is 6.08 Å². The number of piperidine rings is 1. The van der Waals surface area contributed by atoms with E-state index in [1.54, 1.807) is 17.1 Å². The predicted molar refractivity (Wildman–Crippen MR) is 145 cm³/mol. The minimum atomic E-state index is -0.413. The maximum Gasteiger partial charge on any atom is 0.324 e. The highest BCUT2D eigenvalue weighted by atomic mass is 32.2. The van der Waals surface area contributed by atoms with Gasteiger partial charge in [-0.25, -0.2) is 9.98 Å². The van der Waals surface area contributed by atoms with Gasteiger partial charge >= 0.3 is 5.88 Å². The first-order valence-corrected chi connectivity index (χ1v) is 13.5. The number of nitrogens with zero attached hydrogens (tertiary/aromatic N) is 6. The van der Waals surface area contributed by atoms with Crippen LogP contribution in [0.1, 0.15) is 31.7 Å². The smallest absolute Gasteiger partial charge is 0.324 e. The van der Waals surface area contributed by atoms with Gasteiger partial charge in [0, 0.05) is 5.75 Å². The molecule has 2 aromatic carbocycles. The summed E-state index contributed by atoms with van der Waals surface area (Å²) in [5, 5.41) is 19.1. The van der Waals surface area contributed by atoms with Crippen molar-refractivity contribution in [3.05, 3.63) is 72.1 Å². The molecule has 38 heavy (non-hydrogen) atoms. The lowest BCUT2D eigenvalue weighted by Crippen LogP contribution is -2.60. The number of carbonyl (C=O) groups is 1. The molecule has 11 heteroatoms. The molecule has 1 saturated heterocycles. The van der Waals surface area contributed by atoms with Gasteiger partial charge in [-0.15, -0.1) is 0 Å². The first-order valence-electron chi connectivity index (χ1n) is 12.5. The average molecular weight is 533 g/mol. The van der Waals surface area contributed by atoms with Gasteiger partial charge in [0.05, 0.1) is 30.2 Å². The van der Waals surface area contributed by atoms with E-state index in [1.807, 2.05) is 61.5 Å². The molecule has 1 aromatic heterocycles. The first-order chi connectivity index (χ1) is 18.6. The van der Waals surface area contributed by atoms with E-state index in [2.05, 4.69) is 20.3 Å². The topological polar surface area (TPSA) is 110 Å². The summed E-state index contributed by atoms with van der Waals surface area (Å²) < 4.78 is 10.7. The quantitative estimate of drug-likeness (QED) is 0.190. The number of anilines is 1. The Morgan fingerprint density at radius 3 is 2.66 bits per heavy atom. The van der Waals surface area contributed by atoms with Crippen molar-refractivity contribution in [3.8, 4) is 5.75 Å². The fraction of sp³-hybridized carbons (Fsp3) is 0.296. The Balaban J connectivity index is 1.32. The van der Waals surface area contributed by atoms with Crippen LogP contribution in [0, 0.1) is 0 Å². The molecule has 3 aromatic rings. The van der Waals surface area contributed by atoms with E-state index in [0.29, 0.717) is 17.5 Å². The van der Waals surface area contributed by atoms with E-state index in [1.165, 1.54) is 11.3 Å². The molecule has 1 fully saturated rings. The van der Waals surface area contributed by atoms with Crippen LogP contribution >= 0.6 is 11.8 Å². The van der Waals surface area contributed by atoms with Gasteiger partial charge in [-0.3, -0.25) is 14.2 Å². The molecule has 5 rings (SSSR count). The molecular weight excluding hydrogens is 504 g/mol. The molecule has 0 saturated carbocycles. The van der Waals surface area contributed by atoms with E-state index in [0.717, 1.165) is 49.0 Å². The summed E-state index contributed by atoms with van der Waals surface area (Å²) in [6, 6.07) is 16.7. The van der Waals surface area contributed by atoms with Crippen LogP contribution < -0.4 is 24.5 Å². The van der Waals surface area contributed by atoms with E-state index >= 15 is 0 Å². The van der Waals surface area contributed by atoms with Gasteiger partial charge in [-0.2, -0.15) is 5.01 Å². The molecule has 196 valence electrons. The molecule has 0 unspecified atom stereocenters. The molecule has 3 heterocycles. The maximum atomic E-state index is 13.3. The number of aliphatic imine (C=N–C) groups is 2. The van der Waals surface area contributed by atoms with E-state index in [9.17, 15) is 9.90 Å². The third-order valence-corrected chi connectivity index (χ3v) is 6.89. The highest BCUT2D eigenvalue weighted by molar-refractivity contribution is 8.14. The Labute approximate surface area is 224 Å². The fourth-order valence-corrected chi connectivity index (χ4v) is 4.96. The summed E-state index contributed by atoms with van der Waals surface area (Å²) in [6.07, 6.45) is 6.72. The number of amides is 1. The van der Waals surface area contributed by atoms with Crippen molar-refractivity contribution in [1.29, 1.82) is 0 Å².